The van der Waals surface area contributed by atoms with Crippen molar-refractivity contribution in [3.05, 3.63) is 60.1 Å². The molecule has 3 nitrogen and oxygen atoms in total. The first-order valence-electron chi connectivity index (χ1n) is 4.58. The number of hydrogen-bond acceptors (Lipinski definition) is 3. The van der Waals surface area contributed by atoms with Crippen LogP contribution in [0.4, 0.5) is 0 Å². The minimum absolute atomic E-state index is 0.352. The van der Waals surface area contributed by atoms with E-state index in [9.17, 15) is 9.90 Å². The van der Waals surface area contributed by atoms with Gasteiger partial charge in [-0.2, -0.15) is 0 Å². The number of aliphatic hydroxyl groups excluding tert-OH is 1. The maximum absolute atomic E-state index is 11.7. The Bertz CT molecular complexity index is 431. The molecule has 0 bridgehead atoms. The molecule has 0 fully saturated rings. The van der Waals surface area contributed by atoms with Crippen LogP contribution in [0.5, 0.6) is 0 Å². The second kappa shape index (κ2) is 4.11. The summed E-state index contributed by atoms with van der Waals surface area (Å²) in [6.45, 7) is 0. The molecule has 1 heterocycles. The standard InChI is InChI=1S/C12H10O3/c13-11(9-4-2-1-3-5-9)12(14)10-6-7-15-8-10/h1-8,11,13H. The molecule has 0 saturated heterocycles. The lowest BCUT2D eigenvalue weighted by Crippen LogP contribution is -2.11. The molecular formula is C12H10O3. The van der Waals surface area contributed by atoms with Crippen molar-refractivity contribution in [2.75, 3.05) is 0 Å². The van der Waals surface area contributed by atoms with Gasteiger partial charge in [-0.25, -0.2) is 0 Å². The second-order valence-electron chi connectivity index (χ2n) is 3.19. The van der Waals surface area contributed by atoms with E-state index in [1.165, 1.54) is 18.6 Å². The van der Waals surface area contributed by atoms with Gasteiger partial charge in [0.15, 0.2) is 5.78 Å². The molecule has 1 aromatic heterocycles. The minimum atomic E-state index is -1.12. The number of ketones is 1. The second-order valence-corrected chi connectivity index (χ2v) is 3.19. The predicted octanol–water partition coefficient (Wildman–Crippen LogP) is 2.20. The molecule has 0 aliphatic carbocycles. The van der Waals surface area contributed by atoms with Crippen molar-refractivity contribution in [2.24, 2.45) is 0 Å². The Kier molecular flexibility index (Phi) is 2.65. The van der Waals surface area contributed by atoms with Crippen molar-refractivity contribution in [3.63, 3.8) is 0 Å². The molecule has 3 heteroatoms. The monoisotopic (exact) mass is 202 g/mol. The Hall–Kier alpha value is -1.87. The largest absolute Gasteiger partial charge is 0.472 e. The number of rotatable bonds is 3. The molecule has 1 N–H and O–H groups in total. The van der Waals surface area contributed by atoms with Gasteiger partial charge >= 0.3 is 0 Å². The number of Topliss-reactive ketones (excluding diaryl/α,β-unsaturated/α-hetero) is 1. The first-order valence-corrected chi connectivity index (χ1v) is 4.58. The van der Waals surface area contributed by atoms with Crippen molar-refractivity contribution in [1.29, 1.82) is 0 Å². The first kappa shape index (κ1) is 9.68. The Balaban J connectivity index is 2.23. The van der Waals surface area contributed by atoms with Crippen LogP contribution in [-0.4, -0.2) is 10.9 Å². The summed E-state index contributed by atoms with van der Waals surface area (Å²) < 4.78 is 4.79. The summed E-state index contributed by atoms with van der Waals surface area (Å²) >= 11 is 0. The first-order chi connectivity index (χ1) is 7.29. The summed E-state index contributed by atoms with van der Waals surface area (Å²) in [6.07, 6.45) is 1.61. The van der Waals surface area contributed by atoms with Crippen molar-refractivity contribution in [2.45, 2.75) is 6.10 Å². The maximum atomic E-state index is 11.7. The third-order valence-corrected chi connectivity index (χ3v) is 2.17. The van der Waals surface area contributed by atoms with Gasteiger partial charge in [-0.3, -0.25) is 4.79 Å². The van der Waals surface area contributed by atoms with E-state index in [4.69, 9.17) is 4.42 Å². The van der Waals surface area contributed by atoms with Crippen molar-refractivity contribution < 1.29 is 14.3 Å². The molecule has 0 aliphatic rings. The summed E-state index contributed by atoms with van der Waals surface area (Å²) in [7, 11) is 0. The molecule has 0 aliphatic heterocycles. The maximum Gasteiger partial charge on any atom is 0.199 e. The number of aliphatic hydroxyl groups is 1. The van der Waals surface area contributed by atoms with Crippen LogP contribution in [0, 0.1) is 0 Å². The molecular weight excluding hydrogens is 192 g/mol. The zero-order valence-electron chi connectivity index (χ0n) is 7.96. The fraction of sp³-hybridized carbons (Fsp3) is 0.0833. The van der Waals surface area contributed by atoms with E-state index in [-0.39, 0.29) is 5.78 Å². The highest BCUT2D eigenvalue weighted by atomic mass is 16.3. The zero-order chi connectivity index (χ0) is 10.7. The van der Waals surface area contributed by atoms with Crippen LogP contribution in [0.3, 0.4) is 0 Å². The summed E-state index contributed by atoms with van der Waals surface area (Å²) in [6, 6.07) is 10.3. The Morgan fingerprint density at radius 1 is 1.20 bits per heavy atom. The number of furan rings is 1. The highest BCUT2D eigenvalue weighted by Crippen LogP contribution is 2.17. The fourth-order valence-electron chi connectivity index (χ4n) is 1.35. The molecule has 2 aromatic rings. The molecule has 1 aromatic carbocycles. The lowest BCUT2D eigenvalue weighted by Gasteiger charge is -2.07. The number of carbonyl (C=O) groups is 1. The van der Waals surface area contributed by atoms with E-state index in [0.29, 0.717) is 11.1 Å². The molecule has 1 atom stereocenters. The van der Waals surface area contributed by atoms with Crippen LogP contribution in [0.1, 0.15) is 22.0 Å². The molecule has 76 valence electrons. The van der Waals surface area contributed by atoms with Crippen LogP contribution in [-0.2, 0) is 0 Å². The molecule has 0 spiro atoms. The van der Waals surface area contributed by atoms with Crippen LogP contribution >= 0.6 is 0 Å². The van der Waals surface area contributed by atoms with Gasteiger partial charge in [-0.1, -0.05) is 30.3 Å². The van der Waals surface area contributed by atoms with Crippen molar-refractivity contribution >= 4 is 5.78 Å². The Labute approximate surface area is 87.0 Å². The van der Waals surface area contributed by atoms with Gasteiger partial charge in [-0.15, -0.1) is 0 Å². The normalized spacial score (nSPS) is 12.3. The van der Waals surface area contributed by atoms with Crippen LogP contribution in [0.15, 0.2) is 53.3 Å². The van der Waals surface area contributed by atoms with E-state index in [1.807, 2.05) is 6.07 Å². The topological polar surface area (TPSA) is 50.4 Å². The summed E-state index contributed by atoms with van der Waals surface area (Å²) in [5.41, 5.74) is 0.968. The Morgan fingerprint density at radius 3 is 2.53 bits per heavy atom. The van der Waals surface area contributed by atoms with E-state index in [2.05, 4.69) is 0 Å². The van der Waals surface area contributed by atoms with Crippen LogP contribution < -0.4 is 0 Å². The molecule has 0 saturated carbocycles. The summed E-state index contributed by atoms with van der Waals surface area (Å²) in [5.74, 6) is -0.352. The number of hydrogen-bond donors (Lipinski definition) is 1. The SMILES string of the molecule is O=C(c1ccoc1)C(O)c1ccccc1. The summed E-state index contributed by atoms with van der Waals surface area (Å²) in [4.78, 5) is 11.7. The van der Waals surface area contributed by atoms with Gasteiger partial charge in [0, 0.05) is 0 Å². The third kappa shape index (κ3) is 1.97. The third-order valence-electron chi connectivity index (χ3n) is 2.17. The van der Waals surface area contributed by atoms with Crippen LogP contribution in [0.2, 0.25) is 0 Å². The highest BCUT2D eigenvalue weighted by molar-refractivity contribution is 5.99. The molecule has 15 heavy (non-hydrogen) atoms. The zero-order valence-corrected chi connectivity index (χ0v) is 7.96. The smallest absolute Gasteiger partial charge is 0.199 e. The van der Waals surface area contributed by atoms with Gasteiger partial charge in [0.2, 0.25) is 0 Å². The average molecular weight is 202 g/mol. The molecule has 0 radical (unpaired) electrons. The average Bonchev–Trinajstić information content (AvgIpc) is 2.82. The fourth-order valence-corrected chi connectivity index (χ4v) is 1.35. The van der Waals surface area contributed by atoms with E-state index < -0.39 is 6.10 Å². The van der Waals surface area contributed by atoms with E-state index in [1.54, 1.807) is 24.3 Å². The predicted molar refractivity (Wildman–Crippen MR) is 54.4 cm³/mol. The molecule has 1 unspecified atom stereocenters. The van der Waals surface area contributed by atoms with Gasteiger partial charge in [0.05, 0.1) is 11.8 Å². The Morgan fingerprint density at radius 2 is 1.93 bits per heavy atom. The van der Waals surface area contributed by atoms with Crippen molar-refractivity contribution in [1.82, 2.24) is 0 Å². The number of carbonyl (C=O) groups excluding carboxylic acids is 1. The van der Waals surface area contributed by atoms with Crippen LogP contribution in [0.25, 0.3) is 0 Å². The van der Waals surface area contributed by atoms with Gasteiger partial charge in [0.1, 0.15) is 12.4 Å². The minimum Gasteiger partial charge on any atom is -0.472 e. The van der Waals surface area contributed by atoms with Gasteiger partial charge in [0.25, 0.3) is 0 Å². The van der Waals surface area contributed by atoms with Crippen molar-refractivity contribution in [3.8, 4) is 0 Å². The van der Waals surface area contributed by atoms with Gasteiger partial charge < -0.3 is 9.52 Å². The van der Waals surface area contributed by atoms with E-state index in [0.717, 1.165) is 0 Å². The summed E-state index contributed by atoms with van der Waals surface area (Å²) in [5, 5.41) is 9.77. The molecule has 2 rings (SSSR count). The number of benzene rings is 1. The molecule has 0 amide bonds. The quantitative estimate of drug-likeness (QED) is 0.776. The highest BCUT2D eigenvalue weighted by Gasteiger charge is 2.19. The lowest BCUT2D eigenvalue weighted by molar-refractivity contribution is 0.0747. The van der Waals surface area contributed by atoms with E-state index >= 15 is 0 Å². The lowest BCUT2D eigenvalue weighted by atomic mass is 10.0. The van der Waals surface area contributed by atoms with Gasteiger partial charge in [-0.05, 0) is 11.6 Å².